The topological polar surface area (TPSA) is 38.7 Å². The summed E-state index contributed by atoms with van der Waals surface area (Å²) in [5.41, 5.74) is 2.97. The summed E-state index contributed by atoms with van der Waals surface area (Å²) >= 11 is 0. The molecule has 0 unspecified atom stereocenters. The smallest absolute Gasteiger partial charge is 0.184 e. The first kappa shape index (κ1) is 11.2. The summed E-state index contributed by atoms with van der Waals surface area (Å²) in [6, 6.07) is 5.94. The highest BCUT2D eigenvalue weighted by atomic mass is 16.7. The fraction of sp³-hybridized carbons (Fsp3) is 0.385. The van der Waals surface area contributed by atoms with Gasteiger partial charge >= 0.3 is 0 Å². The van der Waals surface area contributed by atoms with Gasteiger partial charge < -0.3 is 14.6 Å². The van der Waals surface area contributed by atoms with Gasteiger partial charge in [-0.25, -0.2) is 0 Å². The van der Waals surface area contributed by atoms with Crippen molar-refractivity contribution in [3.05, 3.63) is 34.9 Å². The lowest BCUT2D eigenvalue weighted by molar-refractivity contribution is -0.0441. The van der Waals surface area contributed by atoms with Gasteiger partial charge in [0.15, 0.2) is 6.29 Å². The molecule has 3 nitrogen and oxygen atoms in total. The Kier molecular flexibility index (Phi) is 3.58. The first-order chi connectivity index (χ1) is 7.79. The van der Waals surface area contributed by atoms with Gasteiger partial charge in [-0.2, -0.15) is 0 Å². The highest BCUT2D eigenvalue weighted by Gasteiger charge is 2.18. The fourth-order valence-electron chi connectivity index (χ4n) is 1.71. The Balaban J connectivity index is 2.27. The van der Waals surface area contributed by atoms with E-state index in [9.17, 15) is 0 Å². The van der Waals surface area contributed by atoms with Crippen LogP contribution in [0.3, 0.4) is 0 Å². The predicted molar refractivity (Wildman–Crippen MR) is 59.8 cm³/mol. The van der Waals surface area contributed by atoms with E-state index in [2.05, 4.69) is 11.8 Å². The van der Waals surface area contributed by atoms with E-state index in [0.717, 1.165) is 16.7 Å². The Hall–Kier alpha value is -1.34. The summed E-state index contributed by atoms with van der Waals surface area (Å²) in [5, 5.41) is 8.65. The van der Waals surface area contributed by atoms with E-state index in [1.54, 1.807) is 0 Å². The Morgan fingerprint density at radius 3 is 2.75 bits per heavy atom. The zero-order chi connectivity index (χ0) is 11.4. The summed E-state index contributed by atoms with van der Waals surface area (Å²) in [7, 11) is 0. The maximum atomic E-state index is 8.65. The van der Waals surface area contributed by atoms with Crippen molar-refractivity contribution in [3.8, 4) is 11.8 Å². The second kappa shape index (κ2) is 5.13. The van der Waals surface area contributed by atoms with Crippen molar-refractivity contribution in [2.24, 2.45) is 0 Å². The Labute approximate surface area is 95.0 Å². The van der Waals surface area contributed by atoms with Crippen LogP contribution in [0.15, 0.2) is 18.2 Å². The first-order valence-corrected chi connectivity index (χ1v) is 5.24. The molecule has 0 radical (unpaired) electrons. The molecule has 0 saturated carbocycles. The van der Waals surface area contributed by atoms with Crippen LogP contribution in [0.5, 0.6) is 0 Å². The molecule has 1 aliphatic heterocycles. The zero-order valence-electron chi connectivity index (χ0n) is 9.19. The molecule has 0 aliphatic carbocycles. The number of aliphatic hydroxyl groups is 1. The average Bonchev–Trinajstić information content (AvgIpc) is 2.79. The van der Waals surface area contributed by atoms with Crippen molar-refractivity contribution < 1.29 is 14.6 Å². The van der Waals surface area contributed by atoms with Crippen molar-refractivity contribution in [2.45, 2.75) is 13.2 Å². The predicted octanol–water partition coefficient (Wildman–Crippen LogP) is 1.38. The molecule has 0 spiro atoms. The number of hydrogen-bond acceptors (Lipinski definition) is 3. The van der Waals surface area contributed by atoms with Gasteiger partial charge in [0.05, 0.1) is 13.2 Å². The zero-order valence-corrected chi connectivity index (χ0v) is 9.19. The summed E-state index contributed by atoms with van der Waals surface area (Å²) in [5.74, 6) is 5.52. The third-order valence-electron chi connectivity index (χ3n) is 2.31. The molecule has 1 N–H and O–H groups in total. The lowest BCUT2D eigenvalue weighted by atomic mass is 10.1. The quantitative estimate of drug-likeness (QED) is 0.724. The van der Waals surface area contributed by atoms with Gasteiger partial charge in [-0.1, -0.05) is 17.9 Å². The van der Waals surface area contributed by atoms with Gasteiger partial charge in [-0.3, -0.25) is 0 Å². The van der Waals surface area contributed by atoms with Crippen molar-refractivity contribution in [2.75, 3.05) is 19.8 Å². The molecule has 0 aromatic heterocycles. The van der Waals surface area contributed by atoms with Crippen LogP contribution in [0.2, 0.25) is 0 Å². The third kappa shape index (κ3) is 2.61. The lowest BCUT2D eigenvalue weighted by Gasteiger charge is -2.10. The van der Waals surface area contributed by atoms with E-state index in [1.165, 1.54) is 0 Å². The van der Waals surface area contributed by atoms with E-state index in [0.29, 0.717) is 13.2 Å². The monoisotopic (exact) mass is 218 g/mol. The van der Waals surface area contributed by atoms with Gasteiger partial charge in [0.1, 0.15) is 6.61 Å². The minimum Gasteiger partial charge on any atom is -0.384 e. The maximum absolute atomic E-state index is 8.65. The van der Waals surface area contributed by atoms with Crippen LogP contribution in [0, 0.1) is 18.8 Å². The average molecular weight is 218 g/mol. The van der Waals surface area contributed by atoms with Crippen molar-refractivity contribution in [3.63, 3.8) is 0 Å². The van der Waals surface area contributed by atoms with Crippen LogP contribution in [0.1, 0.15) is 23.0 Å². The van der Waals surface area contributed by atoms with E-state index >= 15 is 0 Å². The summed E-state index contributed by atoms with van der Waals surface area (Å²) in [6.45, 7) is 3.15. The Morgan fingerprint density at radius 1 is 1.31 bits per heavy atom. The van der Waals surface area contributed by atoms with Gasteiger partial charge in [0, 0.05) is 11.1 Å². The van der Waals surface area contributed by atoms with Crippen LogP contribution in [-0.2, 0) is 9.47 Å². The molecule has 1 aromatic carbocycles. The molecule has 1 aromatic rings. The van der Waals surface area contributed by atoms with Crippen molar-refractivity contribution in [1.82, 2.24) is 0 Å². The van der Waals surface area contributed by atoms with E-state index in [1.807, 2.05) is 25.1 Å². The molecule has 2 rings (SSSR count). The van der Waals surface area contributed by atoms with E-state index < -0.39 is 0 Å². The normalized spacial score (nSPS) is 15.9. The second-order valence-corrected chi connectivity index (χ2v) is 3.67. The number of hydrogen-bond donors (Lipinski definition) is 1. The fourth-order valence-corrected chi connectivity index (χ4v) is 1.71. The number of benzene rings is 1. The number of rotatable bonds is 1. The number of aryl methyl sites for hydroxylation is 1. The first-order valence-electron chi connectivity index (χ1n) is 5.24. The third-order valence-corrected chi connectivity index (χ3v) is 2.31. The van der Waals surface area contributed by atoms with Gasteiger partial charge in [-0.05, 0) is 24.6 Å². The van der Waals surface area contributed by atoms with Crippen LogP contribution < -0.4 is 0 Å². The highest BCUT2D eigenvalue weighted by molar-refractivity contribution is 5.40. The van der Waals surface area contributed by atoms with Crippen LogP contribution in [0.25, 0.3) is 0 Å². The second-order valence-electron chi connectivity index (χ2n) is 3.67. The SMILES string of the molecule is Cc1cc(C#CCO)cc(C2OCCO2)c1. The molecule has 0 amide bonds. The molecule has 3 heteroatoms. The van der Waals surface area contributed by atoms with Gasteiger partial charge in [0.2, 0.25) is 0 Å². The lowest BCUT2D eigenvalue weighted by Crippen LogP contribution is -1.99. The van der Waals surface area contributed by atoms with Crippen LogP contribution in [0.4, 0.5) is 0 Å². The molecular formula is C13H14O3. The van der Waals surface area contributed by atoms with Crippen LogP contribution >= 0.6 is 0 Å². The number of ether oxygens (including phenoxy) is 2. The summed E-state index contributed by atoms with van der Waals surface area (Å²) in [6.07, 6.45) is -0.269. The summed E-state index contributed by atoms with van der Waals surface area (Å²) in [4.78, 5) is 0. The Morgan fingerprint density at radius 2 is 2.06 bits per heavy atom. The molecule has 84 valence electrons. The van der Waals surface area contributed by atoms with Gasteiger partial charge in [-0.15, -0.1) is 0 Å². The van der Waals surface area contributed by atoms with E-state index in [-0.39, 0.29) is 12.9 Å². The molecule has 0 bridgehead atoms. The largest absolute Gasteiger partial charge is 0.384 e. The molecule has 0 atom stereocenters. The summed E-state index contributed by atoms with van der Waals surface area (Å²) < 4.78 is 10.9. The van der Waals surface area contributed by atoms with E-state index in [4.69, 9.17) is 14.6 Å². The van der Waals surface area contributed by atoms with Crippen LogP contribution in [-0.4, -0.2) is 24.9 Å². The minimum absolute atomic E-state index is 0.125. The molecule has 1 fully saturated rings. The maximum Gasteiger partial charge on any atom is 0.184 e. The number of aliphatic hydroxyl groups excluding tert-OH is 1. The standard InChI is InChI=1S/C13H14O3/c1-10-7-11(3-2-4-14)9-12(8-10)13-15-5-6-16-13/h7-9,13-14H,4-6H2,1H3. The minimum atomic E-state index is -0.269. The molecule has 1 saturated heterocycles. The molecular weight excluding hydrogens is 204 g/mol. The molecule has 1 heterocycles. The van der Waals surface area contributed by atoms with Crippen molar-refractivity contribution >= 4 is 0 Å². The van der Waals surface area contributed by atoms with Gasteiger partial charge in [0.25, 0.3) is 0 Å². The Bertz CT molecular complexity index is 423. The van der Waals surface area contributed by atoms with Crippen molar-refractivity contribution in [1.29, 1.82) is 0 Å². The molecule has 16 heavy (non-hydrogen) atoms. The molecule has 1 aliphatic rings. The highest BCUT2D eigenvalue weighted by Crippen LogP contribution is 2.24.